The Bertz CT molecular complexity index is 359. The van der Waals surface area contributed by atoms with E-state index in [1.165, 1.54) is 12.8 Å². The van der Waals surface area contributed by atoms with Gasteiger partial charge in [-0.1, -0.05) is 6.92 Å². The summed E-state index contributed by atoms with van der Waals surface area (Å²) in [6, 6.07) is 1.78. The number of carbonyl (C=O) groups excluding carboxylic acids is 1. The molecule has 0 radical (unpaired) electrons. The summed E-state index contributed by atoms with van der Waals surface area (Å²) < 4.78 is 0. The fourth-order valence-corrected chi connectivity index (χ4v) is 1.83. The summed E-state index contributed by atoms with van der Waals surface area (Å²) >= 11 is 0. The summed E-state index contributed by atoms with van der Waals surface area (Å²) in [5, 5.41) is 0. The minimum Gasteiger partial charge on any atom is -0.356 e. The van der Waals surface area contributed by atoms with E-state index in [9.17, 15) is 4.79 Å². The van der Waals surface area contributed by atoms with E-state index in [1.54, 1.807) is 6.07 Å². The van der Waals surface area contributed by atoms with Crippen molar-refractivity contribution in [3.8, 4) is 0 Å². The van der Waals surface area contributed by atoms with E-state index in [0.717, 1.165) is 37.4 Å². The smallest absolute Gasteiger partial charge is 0.168 e. The molecule has 2 heterocycles. The Morgan fingerprint density at radius 3 is 2.73 bits per heavy atom. The van der Waals surface area contributed by atoms with Crippen LogP contribution in [0.4, 0.5) is 5.82 Å². The summed E-state index contributed by atoms with van der Waals surface area (Å²) in [5.74, 6) is 1.66. The van der Waals surface area contributed by atoms with Crippen LogP contribution < -0.4 is 4.90 Å². The molecule has 1 aromatic rings. The number of aryl methyl sites for hydroxylation is 1. The van der Waals surface area contributed by atoms with Gasteiger partial charge in [0.2, 0.25) is 0 Å². The number of hydrogen-bond acceptors (Lipinski definition) is 4. The minimum atomic E-state index is 0.490. The highest BCUT2D eigenvalue weighted by atomic mass is 16.1. The molecule has 0 aliphatic carbocycles. The number of anilines is 1. The largest absolute Gasteiger partial charge is 0.356 e. The lowest BCUT2D eigenvalue weighted by Crippen LogP contribution is -2.20. The third kappa shape index (κ3) is 2.14. The maximum atomic E-state index is 10.7. The van der Waals surface area contributed by atoms with Crippen LogP contribution in [0.1, 0.15) is 36.1 Å². The molecule has 0 spiro atoms. The van der Waals surface area contributed by atoms with Crippen LogP contribution in [0.3, 0.4) is 0 Å². The molecule has 1 aromatic heterocycles. The fourth-order valence-electron chi connectivity index (χ4n) is 1.83. The van der Waals surface area contributed by atoms with E-state index in [2.05, 4.69) is 14.9 Å². The van der Waals surface area contributed by atoms with Crippen LogP contribution >= 0.6 is 0 Å². The minimum absolute atomic E-state index is 0.490. The van der Waals surface area contributed by atoms with Gasteiger partial charge < -0.3 is 4.90 Å². The highest BCUT2D eigenvalue weighted by molar-refractivity contribution is 5.73. The second kappa shape index (κ2) is 4.38. The van der Waals surface area contributed by atoms with Crippen molar-refractivity contribution in [3.05, 3.63) is 17.6 Å². The van der Waals surface area contributed by atoms with E-state index in [1.807, 2.05) is 6.92 Å². The zero-order valence-corrected chi connectivity index (χ0v) is 8.94. The lowest BCUT2D eigenvalue weighted by Gasteiger charge is -2.16. The molecule has 4 nitrogen and oxygen atoms in total. The topological polar surface area (TPSA) is 46.1 Å². The van der Waals surface area contributed by atoms with Gasteiger partial charge in [-0.05, 0) is 12.8 Å². The summed E-state index contributed by atoms with van der Waals surface area (Å²) in [6.45, 7) is 4.08. The highest BCUT2D eigenvalue weighted by Crippen LogP contribution is 2.18. The Kier molecular flexibility index (Phi) is 2.94. The first-order chi connectivity index (χ1) is 7.33. The molecule has 80 valence electrons. The lowest BCUT2D eigenvalue weighted by atomic mass is 10.3. The van der Waals surface area contributed by atoms with E-state index >= 15 is 0 Å². The van der Waals surface area contributed by atoms with Crippen LogP contribution in [0, 0.1) is 0 Å². The van der Waals surface area contributed by atoms with Gasteiger partial charge in [-0.3, -0.25) is 4.79 Å². The second-order valence-electron chi connectivity index (χ2n) is 3.73. The fraction of sp³-hybridized carbons (Fsp3) is 0.545. The Hall–Kier alpha value is -1.45. The summed E-state index contributed by atoms with van der Waals surface area (Å²) in [6.07, 6.45) is 3.98. The number of carbonyl (C=O) groups is 1. The summed E-state index contributed by atoms with van der Waals surface area (Å²) in [4.78, 5) is 21.5. The summed E-state index contributed by atoms with van der Waals surface area (Å²) in [5.41, 5.74) is 0.490. The van der Waals surface area contributed by atoms with Crippen LogP contribution in [-0.2, 0) is 6.42 Å². The first kappa shape index (κ1) is 10.1. The van der Waals surface area contributed by atoms with Crippen LogP contribution in [0.15, 0.2) is 6.07 Å². The number of aldehydes is 1. The van der Waals surface area contributed by atoms with E-state index in [-0.39, 0.29) is 0 Å². The number of aromatic nitrogens is 2. The molecule has 0 atom stereocenters. The van der Waals surface area contributed by atoms with Gasteiger partial charge in [-0.2, -0.15) is 0 Å². The molecule has 2 rings (SSSR count). The third-order valence-corrected chi connectivity index (χ3v) is 2.65. The van der Waals surface area contributed by atoms with E-state index in [0.29, 0.717) is 5.69 Å². The predicted octanol–water partition coefficient (Wildman–Crippen LogP) is 1.45. The molecule has 1 fully saturated rings. The van der Waals surface area contributed by atoms with Gasteiger partial charge in [0.25, 0.3) is 0 Å². The van der Waals surface area contributed by atoms with Crippen molar-refractivity contribution >= 4 is 12.1 Å². The monoisotopic (exact) mass is 205 g/mol. The average Bonchev–Trinajstić information content (AvgIpc) is 2.81. The zero-order valence-electron chi connectivity index (χ0n) is 8.94. The third-order valence-electron chi connectivity index (χ3n) is 2.65. The van der Waals surface area contributed by atoms with Crippen molar-refractivity contribution in [2.24, 2.45) is 0 Å². The first-order valence-electron chi connectivity index (χ1n) is 5.41. The van der Waals surface area contributed by atoms with Gasteiger partial charge in [-0.15, -0.1) is 0 Å². The molecular formula is C11H15N3O. The summed E-state index contributed by atoms with van der Waals surface area (Å²) in [7, 11) is 0. The molecule has 1 aliphatic heterocycles. The Morgan fingerprint density at radius 1 is 1.40 bits per heavy atom. The SMILES string of the molecule is CCc1nc(C=O)cc(N2CCCC2)n1. The molecular weight excluding hydrogens is 190 g/mol. The molecule has 0 unspecified atom stereocenters. The molecule has 0 saturated carbocycles. The lowest BCUT2D eigenvalue weighted by molar-refractivity contribution is 0.111. The van der Waals surface area contributed by atoms with Gasteiger partial charge in [0.1, 0.15) is 17.3 Å². The average molecular weight is 205 g/mol. The quantitative estimate of drug-likeness (QED) is 0.701. The Labute approximate surface area is 89.3 Å². The molecule has 1 aliphatic rings. The van der Waals surface area contributed by atoms with Crippen molar-refractivity contribution in [1.29, 1.82) is 0 Å². The van der Waals surface area contributed by atoms with Crippen LogP contribution in [0.2, 0.25) is 0 Å². The molecule has 15 heavy (non-hydrogen) atoms. The first-order valence-corrected chi connectivity index (χ1v) is 5.41. The van der Waals surface area contributed by atoms with Gasteiger partial charge in [0, 0.05) is 25.6 Å². The standard InChI is InChI=1S/C11H15N3O/c1-2-10-12-9(8-15)7-11(13-10)14-5-3-4-6-14/h7-8H,2-6H2,1H3. The molecule has 1 saturated heterocycles. The van der Waals surface area contributed by atoms with Gasteiger partial charge in [0.05, 0.1) is 0 Å². The van der Waals surface area contributed by atoms with E-state index < -0.39 is 0 Å². The van der Waals surface area contributed by atoms with Gasteiger partial charge >= 0.3 is 0 Å². The van der Waals surface area contributed by atoms with Crippen LogP contribution in [-0.4, -0.2) is 29.3 Å². The second-order valence-corrected chi connectivity index (χ2v) is 3.73. The number of rotatable bonds is 3. The number of hydrogen-bond donors (Lipinski definition) is 0. The van der Waals surface area contributed by atoms with Crippen molar-refractivity contribution < 1.29 is 4.79 Å². The number of nitrogens with zero attached hydrogens (tertiary/aromatic N) is 3. The molecule has 0 N–H and O–H groups in total. The van der Waals surface area contributed by atoms with Crippen LogP contribution in [0.25, 0.3) is 0 Å². The molecule has 0 amide bonds. The normalized spacial score (nSPS) is 15.7. The molecule has 0 aromatic carbocycles. The van der Waals surface area contributed by atoms with Gasteiger partial charge in [0.15, 0.2) is 6.29 Å². The molecule has 4 heteroatoms. The van der Waals surface area contributed by atoms with Crippen molar-refractivity contribution in [2.75, 3.05) is 18.0 Å². The molecule has 0 bridgehead atoms. The Morgan fingerprint density at radius 2 is 2.13 bits per heavy atom. The Balaban J connectivity index is 2.32. The maximum Gasteiger partial charge on any atom is 0.168 e. The van der Waals surface area contributed by atoms with Crippen LogP contribution in [0.5, 0.6) is 0 Å². The zero-order chi connectivity index (χ0) is 10.7. The van der Waals surface area contributed by atoms with Crippen molar-refractivity contribution in [1.82, 2.24) is 9.97 Å². The van der Waals surface area contributed by atoms with Crippen molar-refractivity contribution in [2.45, 2.75) is 26.2 Å². The highest BCUT2D eigenvalue weighted by Gasteiger charge is 2.15. The predicted molar refractivity (Wildman–Crippen MR) is 58.2 cm³/mol. The van der Waals surface area contributed by atoms with Gasteiger partial charge in [-0.25, -0.2) is 9.97 Å². The van der Waals surface area contributed by atoms with E-state index in [4.69, 9.17) is 0 Å². The van der Waals surface area contributed by atoms with Crippen molar-refractivity contribution in [3.63, 3.8) is 0 Å². The maximum absolute atomic E-state index is 10.7.